The largest absolute Gasteiger partial charge is 0.352 e. The molecule has 0 spiro atoms. The number of aromatic nitrogens is 2. The minimum Gasteiger partial charge on any atom is -0.352 e. The summed E-state index contributed by atoms with van der Waals surface area (Å²) in [4.78, 5) is 23.5. The van der Waals surface area contributed by atoms with Crippen LogP contribution < -0.4 is 4.90 Å². The average molecular weight is 248 g/mol. The molecule has 0 radical (unpaired) electrons. The number of anilines is 1. The predicted molar refractivity (Wildman–Crippen MR) is 70.5 cm³/mol. The van der Waals surface area contributed by atoms with Crippen LogP contribution in [-0.2, 0) is 11.2 Å². The summed E-state index contributed by atoms with van der Waals surface area (Å²) in [5.41, 5.74) is 1.06. The lowest BCUT2D eigenvalue weighted by molar-refractivity contribution is -0.118. The first-order valence-electron chi connectivity index (χ1n) is 6.58. The van der Waals surface area contributed by atoms with E-state index in [9.17, 15) is 4.79 Å². The fourth-order valence-corrected chi connectivity index (χ4v) is 2.05. The van der Waals surface area contributed by atoms with Gasteiger partial charge in [0, 0.05) is 26.2 Å². The number of aryl methyl sites for hydroxylation is 1. The number of unbranched alkanes of at least 4 members (excludes halogenated alkanes) is 1. The van der Waals surface area contributed by atoms with Crippen LogP contribution in [0.1, 0.15) is 25.5 Å². The molecule has 2 rings (SSSR count). The quantitative estimate of drug-likeness (QED) is 0.732. The summed E-state index contributed by atoms with van der Waals surface area (Å²) in [6.07, 6.45) is 7.97. The summed E-state index contributed by atoms with van der Waals surface area (Å²) in [6, 6.07) is 0. The molecule has 1 saturated heterocycles. The number of hydrogen-bond donors (Lipinski definition) is 0. The van der Waals surface area contributed by atoms with Crippen molar-refractivity contribution in [2.75, 3.05) is 31.1 Å². The van der Waals surface area contributed by atoms with E-state index in [1.165, 1.54) is 6.42 Å². The van der Waals surface area contributed by atoms with Gasteiger partial charge in [0.15, 0.2) is 0 Å². The number of carbonyl (C=O) groups excluding carboxylic acids is 1. The fourth-order valence-electron chi connectivity index (χ4n) is 2.05. The summed E-state index contributed by atoms with van der Waals surface area (Å²) in [7, 11) is 0. The first-order valence-corrected chi connectivity index (χ1v) is 6.58. The normalized spacial score (nSPS) is 15.8. The monoisotopic (exact) mass is 248 g/mol. The van der Waals surface area contributed by atoms with Gasteiger partial charge in [-0.25, -0.2) is 4.98 Å². The van der Waals surface area contributed by atoms with Crippen LogP contribution in [0.4, 0.5) is 5.82 Å². The van der Waals surface area contributed by atoms with E-state index in [0.717, 1.165) is 56.9 Å². The molecular formula is C13H20N4O. The van der Waals surface area contributed by atoms with Gasteiger partial charge in [0.1, 0.15) is 5.82 Å². The number of hydrogen-bond acceptors (Lipinski definition) is 4. The van der Waals surface area contributed by atoms with Gasteiger partial charge in [-0.3, -0.25) is 9.78 Å². The molecule has 0 aromatic carbocycles. The molecule has 0 atom stereocenters. The maximum atomic E-state index is 10.6. The predicted octanol–water partition coefficient (Wildman–Crippen LogP) is 1.10. The van der Waals surface area contributed by atoms with E-state index in [4.69, 9.17) is 0 Å². The van der Waals surface area contributed by atoms with Crippen molar-refractivity contribution < 1.29 is 4.79 Å². The third-order valence-corrected chi connectivity index (χ3v) is 3.27. The van der Waals surface area contributed by atoms with Crippen molar-refractivity contribution in [1.29, 1.82) is 0 Å². The van der Waals surface area contributed by atoms with Crippen LogP contribution in [0.25, 0.3) is 0 Å². The van der Waals surface area contributed by atoms with Crippen LogP contribution in [0.15, 0.2) is 12.4 Å². The van der Waals surface area contributed by atoms with E-state index >= 15 is 0 Å². The molecule has 1 amide bonds. The maximum absolute atomic E-state index is 10.6. The molecule has 2 heterocycles. The summed E-state index contributed by atoms with van der Waals surface area (Å²) in [6.45, 7) is 5.38. The second-order valence-electron chi connectivity index (χ2n) is 4.60. The summed E-state index contributed by atoms with van der Waals surface area (Å²) >= 11 is 0. The maximum Gasteiger partial charge on any atom is 0.209 e. The van der Waals surface area contributed by atoms with Gasteiger partial charge in [-0.2, -0.15) is 0 Å². The summed E-state index contributed by atoms with van der Waals surface area (Å²) in [5.74, 6) is 0.917. The lowest BCUT2D eigenvalue weighted by Crippen LogP contribution is -2.46. The Labute approximate surface area is 108 Å². The minimum atomic E-state index is 0.767. The molecule has 0 unspecified atom stereocenters. The zero-order chi connectivity index (χ0) is 12.8. The fraction of sp³-hybridized carbons (Fsp3) is 0.615. The molecule has 18 heavy (non-hydrogen) atoms. The topological polar surface area (TPSA) is 49.3 Å². The Morgan fingerprint density at radius 3 is 2.56 bits per heavy atom. The zero-order valence-corrected chi connectivity index (χ0v) is 10.9. The molecule has 5 nitrogen and oxygen atoms in total. The number of carbonyl (C=O) groups is 1. The molecule has 98 valence electrons. The molecule has 1 fully saturated rings. The van der Waals surface area contributed by atoms with E-state index < -0.39 is 0 Å². The molecule has 1 aliphatic heterocycles. The van der Waals surface area contributed by atoms with Crippen molar-refractivity contribution in [2.45, 2.75) is 26.2 Å². The molecule has 0 saturated carbocycles. The average Bonchev–Trinajstić information content (AvgIpc) is 2.46. The van der Waals surface area contributed by atoms with Crippen molar-refractivity contribution in [1.82, 2.24) is 14.9 Å². The first-order chi connectivity index (χ1) is 8.83. The van der Waals surface area contributed by atoms with Gasteiger partial charge in [-0.1, -0.05) is 13.3 Å². The van der Waals surface area contributed by atoms with Gasteiger partial charge in [0.05, 0.1) is 18.1 Å². The Hall–Kier alpha value is -1.65. The highest BCUT2D eigenvalue weighted by atomic mass is 16.1. The highest BCUT2D eigenvalue weighted by Crippen LogP contribution is 2.12. The Morgan fingerprint density at radius 2 is 2.00 bits per heavy atom. The van der Waals surface area contributed by atoms with Crippen molar-refractivity contribution in [3.63, 3.8) is 0 Å². The van der Waals surface area contributed by atoms with Crippen LogP contribution in [0, 0.1) is 0 Å². The molecular weight excluding hydrogens is 228 g/mol. The number of amides is 1. The molecule has 5 heteroatoms. The number of rotatable bonds is 5. The van der Waals surface area contributed by atoms with Crippen molar-refractivity contribution in [3.8, 4) is 0 Å². The lowest BCUT2D eigenvalue weighted by Gasteiger charge is -2.33. The van der Waals surface area contributed by atoms with Gasteiger partial charge in [0.2, 0.25) is 6.41 Å². The van der Waals surface area contributed by atoms with Crippen LogP contribution >= 0.6 is 0 Å². The van der Waals surface area contributed by atoms with E-state index in [0.29, 0.717) is 0 Å². The van der Waals surface area contributed by atoms with Crippen LogP contribution in [0.2, 0.25) is 0 Å². The Morgan fingerprint density at radius 1 is 1.22 bits per heavy atom. The molecule has 0 aliphatic carbocycles. The van der Waals surface area contributed by atoms with Crippen molar-refractivity contribution >= 4 is 12.2 Å². The van der Waals surface area contributed by atoms with Crippen LogP contribution in [0.3, 0.4) is 0 Å². The molecule has 1 aromatic heterocycles. The van der Waals surface area contributed by atoms with Gasteiger partial charge >= 0.3 is 0 Å². The summed E-state index contributed by atoms with van der Waals surface area (Å²) in [5, 5.41) is 0. The minimum absolute atomic E-state index is 0.767. The van der Waals surface area contributed by atoms with Gasteiger partial charge in [0.25, 0.3) is 0 Å². The third kappa shape index (κ3) is 3.18. The second-order valence-corrected chi connectivity index (χ2v) is 4.60. The smallest absolute Gasteiger partial charge is 0.209 e. The molecule has 0 N–H and O–H groups in total. The highest BCUT2D eigenvalue weighted by Gasteiger charge is 2.16. The van der Waals surface area contributed by atoms with Gasteiger partial charge < -0.3 is 9.80 Å². The lowest BCUT2D eigenvalue weighted by atomic mass is 10.2. The molecule has 1 aromatic rings. The number of nitrogens with zero attached hydrogens (tertiary/aromatic N) is 4. The van der Waals surface area contributed by atoms with E-state index in [-0.39, 0.29) is 0 Å². The third-order valence-electron chi connectivity index (χ3n) is 3.27. The van der Waals surface area contributed by atoms with E-state index in [2.05, 4.69) is 21.8 Å². The zero-order valence-electron chi connectivity index (χ0n) is 10.9. The Kier molecular flexibility index (Phi) is 4.50. The van der Waals surface area contributed by atoms with Gasteiger partial charge in [-0.05, 0) is 12.8 Å². The molecule has 0 bridgehead atoms. The van der Waals surface area contributed by atoms with Crippen molar-refractivity contribution in [2.24, 2.45) is 0 Å². The second kappa shape index (κ2) is 6.33. The molecule has 1 aliphatic rings. The highest BCUT2D eigenvalue weighted by molar-refractivity contribution is 5.48. The first kappa shape index (κ1) is 12.8. The van der Waals surface area contributed by atoms with Gasteiger partial charge in [-0.15, -0.1) is 0 Å². The Bertz CT molecular complexity index is 371. The summed E-state index contributed by atoms with van der Waals surface area (Å²) < 4.78 is 0. The Balaban J connectivity index is 1.91. The van der Waals surface area contributed by atoms with Crippen LogP contribution in [-0.4, -0.2) is 47.5 Å². The standard InChI is InChI=1S/C13H20N4O/c1-2-3-4-12-9-15-13(10-14-12)17-7-5-16(11-18)6-8-17/h9-11H,2-8H2,1H3. The van der Waals surface area contributed by atoms with E-state index in [1.54, 1.807) is 4.90 Å². The van der Waals surface area contributed by atoms with Crippen molar-refractivity contribution in [3.05, 3.63) is 18.1 Å². The van der Waals surface area contributed by atoms with Crippen LogP contribution in [0.5, 0.6) is 0 Å². The SMILES string of the molecule is CCCCc1cnc(N2CCN(C=O)CC2)cn1. The van der Waals surface area contributed by atoms with E-state index in [1.807, 2.05) is 12.4 Å². The number of piperazine rings is 1.